The summed E-state index contributed by atoms with van der Waals surface area (Å²) < 4.78 is 47.6. The number of amides is 1. The molecule has 9 nitrogen and oxygen atoms in total. The second-order valence-corrected chi connectivity index (χ2v) is 11.1. The number of aromatic nitrogens is 4. The molecule has 3 N–H and O–H groups in total. The van der Waals surface area contributed by atoms with Gasteiger partial charge in [0, 0.05) is 46.7 Å². The summed E-state index contributed by atoms with van der Waals surface area (Å²) in [6.45, 7) is 5.74. The van der Waals surface area contributed by atoms with Gasteiger partial charge in [0.15, 0.2) is 0 Å². The number of hydrogen-bond acceptors (Lipinski definition) is 7. The van der Waals surface area contributed by atoms with Gasteiger partial charge >= 0.3 is 6.18 Å². The number of likely N-dealkylation sites (tertiary alicyclic amines) is 1. The maximum Gasteiger partial charge on any atom is 0.416 e. The summed E-state index contributed by atoms with van der Waals surface area (Å²) in [5, 5.41) is 7.91. The molecule has 2 aromatic heterocycles. The van der Waals surface area contributed by atoms with Crippen molar-refractivity contribution in [2.24, 2.45) is 0 Å². The highest BCUT2D eigenvalue weighted by Crippen LogP contribution is 2.44. The second-order valence-electron chi connectivity index (χ2n) is 11.1. The predicted molar refractivity (Wildman–Crippen MR) is 167 cm³/mol. The first-order valence-electron chi connectivity index (χ1n) is 14.6. The van der Waals surface area contributed by atoms with Gasteiger partial charge in [-0.2, -0.15) is 18.3 Å². The summed E-state index contributed by atoms with van der Waals surface area (Å²) in [6.07, 6.45) is 3.28. The molecule has 3 heterocycles. The number of nitrogens with two attached hydrogens (primary N) is 1. The average molecular weight is 616 g/mol. The molecule has 0 saturated carbocycles. The van der Waals surface area contributed by atoms with Crippen LogP contribution in [0.15, 0.2) is 67.1 Å². The first-order valence-corrected chi connectivity index (χ1v) is 14.6. The third-order valence-electron chi connectivity index (χ3n) is 8.05. The number of benzene rings is 3. The van der Waals surface area contributed by atoms with Gasteiger partial charge in [-0.1, -0.05) is 12.1 Å². The Hall–Kier alpha value is -4.97. The van der Waals surface area contributed by atoms with Crippen LogP contribution in [0.3, 0.4) is 0 Å². The topological polar surface area (TPSA) is 111 Å². The zero-order valence-corrected chi connectivity index (χ0v) is 24.9. The minimum absolute atomic E-state index is 0.0407. The number of ether oxygens (including phenoxy) is 1. The predicted octanol–water partition coefficient (Wildman–Crippen LogP) is 6.43. The molecule has 0 radical (unpaired) electrons. The molecule has 0 unspecified atom stereocenters. The lowest BCUT2D eigenvalue weighted by atomic mass is 9.92. The highest BCUT2D eigenvalue weighted by molar-refractivity contribution is 6.06. The van der Waals surface area contributed by atoms with E-state index in [4.69, 9.17) is 10.5 Å². The molecule has 6 rings (SSSR count). The van der Waals surface area contributed by atoms with Crippen LogP contribution in [0.5, 0.6) is 5.75 Å². The van der Waals surface area contributed by atoms with Gasteiger partial charge in [-0.15, -0.1) is 0 Å². The molecule has 5 aromatic rings. The second kappa shape index (κ2) is 12.2. The summed E-state index contributed by atoms with van der Waals surface area (Å²) in [5.41, 5.74) is 9.77. The summed E-state index contributed by atoms with van der Waals surface area (Å²) in [7, 11) is 1.57. The molecule has 12 heteroatoms. The molecule has 1 amide bonds. The fourth-order valence-corrected chi connectivity index (χ4v) is 5.75. The van der Waals surface area contributed by atoms with E-state index in [0.717, 1.165) is 49.4 Å². The van der Waals surface area contributed by atoms with Gasteiger partial charge < -0.3 is 20.7 Å². The van der Waals surface area contributed by atoms with E-state index < -0.39 is 17.6 Å². The molecule has 1 saturated heterocycles. The van der Waals surface area contributed by atoms with Gasteiger partial charge in [-0.05, 0) is 80.4 Å². The number of rotatable bonds is 8. The molecular formula is C33H32F3N7O2. The molecule has 0 spiro atoms. The molecule has 1 aliphatic heterocycles. The lowest BCUT2D eigenvalue weighted by Crippen LogP contribution is -2.24. The van der Waals surface area contributed by atoms with Crippen molar-refractivity contribution >= 4 is 28.4 Å². The first-order chi connectivity index (χ1) is 21.6. The van der Waals surface area contributed by atoms with Crippen molar-refractivity contribution in [3.8, 4) is 28.0 Å². The Morgan fingerprint density at radius 1 is 1.04 bits per heavy atom. The Bertz CT molecular complexity index is 1880. The zero-order chi connectivity index (χ0) is 31.7. The number of nitrogens with zero attached hydrogens (tertiary/aromatic N) is 5. The molecule has 3 aromatic carbocycles. The van der Waals surface area contributed by atoms with Crippen molar-refractivity contribution in [2.75, 3.05) is 37.8 Å². The highest BCUT2D eigenvalue weighted by Gasteiger charge is 2.30. The van der Waals surface area contributed by atoms with E-state index >= 15 is 0 Å². The van der Waals surface area contributed by atoms with Crippen LogP contribution in [0.2, 0.25) is 0 Å². The molecule has 0 bridgehead atoms. The smallest absolute Gasteiger partial charge is 0.416 e. The number of hydrogen-bond donors (Lipinski definition) is 2. The van der Waals surface area contributed by atoms with Crippen molar-refractivity contribution in [3.63, 3.8) is 0 Å². The Labute approximate surface area is 257 Å². The number of nitrogens with one attached hydrogen (secondary N) is 1. The number of halogens is 3. The van der Waals surface area contributed by atoms with Crippen LogP contribution in [-0.4, -0.2) is 57.3 Å². The number of nitrogen functional groups attached to an aromatic ring is 1. The Morgan fingerprint density at radius 2 is 1.84 bits per heavy atom. The van der Waals surface area contributed by atoms with Gasteiger partial charge in [-0.25, -0.2) is 9.97 Å². The Kier molecular flexibility index (Phi) is 8.15. The number of fused-ring (bicyclic) bond motifs is 1. The molecule has 232 valence electrons. The van der Waals surface area contributed by atoms with Gasteiger partial charge in [0.2, 0.25) is 5.95 Å². The van der Waals surface area contributed by atoms with E-state index in [2.05, 4.69) is 25.3 Å². The van der Waals surface area contributed by atoms with Crippen LogP contribution >= 0.6 is 0 Å². The van der Waals surface area contributed by atoms with E-state index in [1.807, 2.05) is 23.9 Å². The molecule has 45 heavy (non-hydrogen) atoms. The monoisotopic (exact) mass is 615 g/mol. The Balaban J connectivity index is 1.40. The van der Waals surface area contributed by atoms with E-state index in [0.29, 0.717) is 33.3 Å². The largest absolute Gasteiger partial charge is 0.495 e. The molecule has 0 atom stereocenters. The fourth-order valence-electron chi connectivity index (χ4n) is 5.75. The third-order valence-corrected chi connectivity index (χ3v) is 8.05. The molecule has 1 fully saturated rings. The van der Waals surface area contributed by atoms with Crippen molar-refractivity contribution in [2.45, 2.75) is 32.5 Å². The van der Waals surface area contributed by atoms with Crippen molar-refractivity contribution in [3.05, 3.63) is 83.8 Å². The summed E-state index contributed by atoms with van der Waals surface area (Å²) in [4.78, 5) is 24.4. The summed E-state index contributed by atoms with van der Waals surface area (Å²) >= 11 is 0. The van der Waals surface area contributed by atoms with Crippen LogP contribution in [0.4, 0.5) is 24.8 Å². The van der Waals surface area contributed by atoms with Gasteiger partial charge in [0.05, 0.1) is 36.5 Å². The van der Waals surface area contributed by atoms with Crippen molar-refractivity contribution < 1.29 is 22.7 Å². The SMILES string of the molecule is COc1c(-c2cc(C(=O)Nc3cccc(C(F)(F)F)c3)ccc2C)cc2cnc(N)nc2c1-c1cnn(CCN2CCCC2)c1. The van der Waals surface area contributed by atoms with Crippen LogP contribution in [-0.2, 0) is 12.7 Å². The highest BCUT2D eigenvalue weighted by atomic mass is 19.4. The third kappa shape index (κ3) is 6.32. The maximum absolute atomic E-state index is 13.3. The maximum atomic E-state index is 13.3. The van der Waals surface area contributed by atoms with Gasteiger partial charge in [0.25, 0.3) is 5.91 Å². The molecule has 0 aliphatic carbocycles. The number of carbonyl (C=O) groups excluding carboxylic acids is 1. The number of methoxy groups -OCH3 is 1. The normalized spacial score (nSPS) is 13.8. The van der Waals surface area contributed by atoms with Crippen molar-refractivity contribution in [1.29, 1.82) is 0 Å². The lowest BCUT2D eigenvalue weighted by Gasteiger charge is -2.18. The summed E-state index contributed by atoms with van der Waals surface area (Å²) in [6, 6.07) is 11.5. The van der Waals surface area contributed by atoms with Crippen LogP contribution < -0.4 is 15.8 Å². The number of alkyl halides is 3. The van der Waals surface area contributed by atoms with Gasteiger partial charge in [0.1, 0.15) is 5.75 Å². The van der Waals surface area contributed by atoms with E-state index in [1.54, 1.807) is 37.7 Å². The van der Waals surface area contributed by atoms with Crippen LogP contribution in [0.1, 0.15) is 34.3 Å². The standard InChI is InChI=1S/C33H32F3N7O2/c1-20-8-9-21(31(44)40-25-7-5-6-24(16-25)33(34,35)36)14-26(20)27-15-22-17-38-32(37)41-29(22)28(30(27)45-2)23-18-39-43(19-23)13-12-42-10-3-4-11-42/h5-9,14-19H,3-4,10-13H2,1-2H3,(H,40,44)(H2,37,38,41). The zero-order valence-electron chi connectivity index (χ0n) is 24.9. The lowest BCUT2D eigenvalue weighted by molar-refractivity contribution is -0.137. The molecular weight excluding hydrogens is 583 g/mol. The quantitative estimate of drug-likeness (QED) is 0.207. The van der Waals surface area contributed by atoms with Gasteiger partial charge in [-0.3, -0.25) is 9.48 Å². The van der Waals surface area contributed by atoms with E-state index in [9.17, 15) is 18.0 Å². The fraction of sp³-hybridized carbons (Fsp3) is 0.273. The van der Waals surface area contributed by atoms with Crippen molar-refractivity contribution in [1.82, 2.24) is 24.6 Å². The number of anilines is 2. The summed E-state index contributed by atoms with van der Waals surface area (Å²) in [5.74, 6) is 0.0774. The van der Waals surface area contributed by atoms with E-state index in [1.165, 1.54) is 25.0 Å². The van der Waals surface area contributed by atoms with Crippen LogP contribution in [0.25, 0.3) is 33.2 Å². The average Bonchev–Trinajstić information content (AvgIpc) is 3.71. The number of carbonyl (C=O) groups is 1. The molecule has 1 aliphatic rings. The number of aryl methyl sites for hydroxylation is 1. The van der Waals surface area contributed by atoms with Crippen LogP contribution in [0, 0.1) is 6.92 Å². The minimum atomic E-state index is -4.53. The Morgan fingerprint density at radius 3 is 2.60 bits per heavy atom. The first kappa shape index (κ1) is 30.1. The minimum Gasteiger partial charge on any atom is -0.495 e. The van der Waals surface area contributed by atoms with E-state index in [-0.39, 0.29) is 17.2 Å².